The van der Waals surface area contributed by atoms with Gasteiger partial charge in [-0.05, 0) is 30.7 Å². The van der Waals surface area contributed by atoms with Crippen LogP contribution in [-0.4, -0.2) is 16.1 Å². The highest BCUT2D eigenvalue weighted by atomic mass is 35.5. The first-order valence-electron chi connectivity index (χ1n) is 5.70. The highest BCUT2D eigenvalue weighted by Gasteiger charge is 2.16. The molecule has 1 N–H and O–H groups in total. The number of ether oxygens (including phenoxy) is 1. The molecular weight excluding hydrogens is 286 g/mol. The van der Waals surface area contributed by atoms with Gasteiger partial charge in [0, 0.05) is 9.90 Å². The molecule has 0 radical (unpaired) electrons. The maximum Gasteiger partial charge on any atom is 0.355 e. The molecular formula is C13H12ClNO3S. The zero-order chi connectivity index (χ0) is 13.8. The third kappa shape index (κ3) is 3.45. The van der Waals surface area contributed by atoms with E-state index in [1.54, 1.807) is 24.3 Å². The second kappa shape index (κ2) is 6.04. The molecule has 0 fully saturated rings. The summed E-state index contributed by atoms with van der Waals surface area (Å²) in [5.74, 6) is -0.319. The number of carboxylic acid groups (broad SMARTS) is 1. The average Bonchev–Trinajstić information content (AvgIpc) is 2.81. The minimum Gasteiger partial charge on any atom is -0.486 e. The zero-order valence-electron chi connectivity index (χ0n) is 10.2. The van der Waals surface area contributed by atoms with Crippen LogP contribution in [0, 0.1) is 0 Å². The molecule has 100 valence electrons. The first kappa shape index (κ1) is 13.8. The molecule has 0 unspecified atom stereocenters. The van der Waals surface area contributed by atoms with E-state index < -0.39 is 5.97 Å². The molecule has 4 nitrogen and oxygen atoms in total. The van der Waals surface area contributed by atoms with Crippen molar-refractivity contribution >= 4 is 28.9 Å². The number of halogens is 1. The van der Waals surface area contributed by atoms with E-state index in [-0.39, 0.29) is 12.3 Å². The molecule has 0 aliphatic carbocycles. The van der Waals surface area contributed by atoms with Crippen LogP contribution in [0.15, 0.2) is 24.3 Å². The van der Waals surface area contributed by atoms with Crippen molar-refractivity contribution in [3.8, 4) is 5.75 Å². The lowest BCUT2D eigenvalue weighted by Gasteiger charge is -2.03. The van der Waals surface area contributed by atoms with E-state index in [9.17, 15) is 4.79 Å². The molecule has 0 spiro atoms. The highest BCUT2D eigenvalue weighted by molar-refractivity contribution is 7.11. The van der Waals surface area contributed by atoms with Crippen LogP contribution in [-0.2, 0) is 13.0 Å². The minimum absolute atomic E-state index is 0.127. The summed E-state index contributed by atoms with van der Waals surface area (Å²) in [4.78, 5) is 15.8. The number of aryl methyl sites for hydroxylation is 1. The molecule has 0 saturated heterocycles. The zero-order valence-corrected chi connectivity index (χ0v) is 11.8. The fourth-order valence-corrected chi connectivity index (χ4v) is 2.58. The molecule has 1 heterocycles. The summed E-state index contributed by atoms with van der Waals surface area (Å²) < 4.78 is 5.54. The summed E-state index contributed by atoms with van der Waals surface area (Å²) in [6.07, 6.45) is 0.653. The molecule has 0 amide bonds. The van der Waals surface area contributed by atoms with Crippen molar-refractivity contribution in [1.82, 2.24) is 4.98 Å². The molecule has 2 aromatic rings. The van der Waals surface area contributed by atoms with Gasteiger partial charge in [-0.15, -0.1) is 11.3 Å². The van der Waals surface area contributed by atoms with Gasteiger partial charge in [-0.1, -0.05) is 18.5 Å². The van der Waals surface area contributed by atoms with Gasteiger partial charge in [-0.2, -0.15) is 0 Å². The first-order chi connectivity index (χ1) is 9.10. The topological polar surface area (TPSA) is 59.4 Å². The lowest BCUT2D eigenvalue weighted by atomic mass is 10.3. The van der Waals surface area contributed by atoms with E-state index in [1.807, 2.05) is 6.92 Å². The Bertz CT molecular complexity index is 580. The van der Waals surface area contributed by atoms with Crippen molar-refractivity contribution in [3.05, 3.63) is 44.9 Å². The van der Waals surface area contributed by atoms with Crippen LogP contribution >= 0.6 is 22.9 Å². The number of carbonyl (C=O) groups is 1. The monoisotopic (exact) mass is 297 g/mol. The highest BCUT2D eigenvalue weighted by Crippen LogP contribution is 2.22. The van der Waals surface area contributed by atoms with E-state index in [2.05, 4.69) is 4.98 Å². The Balaban J connectivity index is 2.07. The molecule has 19 heavy (non-hydrogen) atoms. The number of nitrogens with zero attached hydrogens (tertiary/aromatic N) is 1. The van der Waals surface area contributed by atoms with Crippen LogP contribution in [0.1, 0.15) is 27.3 Å². The van der Waals surface area contributed by atoms with Crippen LogP contribution in [0.25, 0.3) is 0 Å². The maximum absolute atomic E-state index is 11.0. The van der Waals surface area contributed by atoms with Gasteiger partial charge in [0.25, 0.3) is 0 Å². The lowest BCUT2D eigenvalue weighted by molar-refractivity contribution is 0.0690. The van der Waals surface area contributed by atoms with Crippen molar-refractivity contribution < 1.29 is 14.6 Å². The lowest BCUT2D eigenvalue weighted by Crippen LogP contribution is -2.01. The van der Waals surface area contributed by atoms with Gasteiger partial charge in [-0.3, -0.25) is 0 Å². The van der Waals surface area contributed by atoms with Gasteiger partial charge in [0.2, 0.25) is 0 Å². The molecule has 1 aromatic carbocycles. The number of aromatic carboxylic acids is 1. The first-order valence-corrected chi connectivity index (χ1v) is 6.90. The van der Waals surface area contributed by atoms with Crippen molar-refractivity contribution in [2.24, 2.45) is 0 Å². The summed E-state index contributed by atoms with van der Waals surface area (Å²) in [6, 6.07) is 6.99. The van der Waals surface area contributed by atoms with Crippen LogP contribution in [0.2, 0.25) is 5.02 Å². The predicted molar refractivity (Wildman–Crippen MR) is 74.2 cm³/mol. The summed E-state index contributed by atoms with van der Waals surface area (Å²) in [6.45, 7) is 2.16. The minimum atomic E-state index is -0.995. The van der Waals surface area contributed by atoms with Crippen molar-refractivity contribution in [2.45, 2.75) is 20.0 Å². The molecule has 0 atom stereocenters. The Morgan fingerprint density at radius 2 is 2.11 bits per heavy atom. The number of benzene rings is 1. The number of aromatic nitrogens is 1. The van der Waals surface area contributed by atoms with E-state index in [0.717, 1.165) is 4.88 Å². The molecule has 0 aliphatic heterocycles. The van der Waals surface area contributed by atoms with Crippen LogP contribution in [0.4, 0.5) is 0 Å². The van der Waals surface area contributed by atoms with Gasteiger partial charge >= 0.3 is 5.97 Å². The van der Waals surface area contributed by atoms with Crippen LogP contribution in [0.3, 0.4) is 0 Å². The van der Waals surface area contributed by atoms with Crippen LogP contribution < -0.4 is 4.74 Å². The quantitative estimate of drug-likeness (QED) is 0.915. The Hall–Kier alpha value is -1.59. The predicted octanol–water partition coefficient (Wildman–Crippen LogP) is 3.64. The summed E-state index contributed by atoms with van der Waals surface area (Å²) in [7, 11) is 0. The fraction of sp³-hybridized carbons (Fsp3) is 0.231. The van der Waals surface area contributed by atoms with E-state index >= 15 is 0 Å². The third-order valence-corrected chi connectivity index (χ3v) is 3.87. The Morgan fingerprint density at radius 1 is 1.42 bits per heavy atom. The molecule has 6 heteroatoms. The Labute approximate surface area is 119 Å². The van der Waals surface area contributed by atoms with Gasteiger partial charge in [0.05, 0.1) is 0 Å². The average molecular weight is 298 g/mol. The summed E-state index contributed by atoms with van der Waals surface area (Å²) >= 11 is 7.14. The normalized spacial score (nSPS) is 10.4. The van der Waals surface area contributed by atoms with Gasteiger partial charge < -0.3 is 9.84 Å². The largest absolute Gasteiger partial charge is 0.486 e. The van der Waals surface area contributed by atoms with Crippen molar-refractivity contribution in [2.75, 3.05) is 0 Å². The summed E-state index contributed by atoms with van der Waals surface area (Å²) in [5, 5.41) is 10.3. The number of hydrogen-bond donors (Lipinski definition) is 1. The van der Waals surface area contributed by atoms with Crippen LogP contribution in [0.5, 0.6) is 5.75 Å². The van der Waals surface area contributed by atoms with Crippen molar-refractivity contribution in [1.29, 1.82) is 0 Å². The molecule has 1 aromatic heterocycles. The second-order valence-corrected chi connectivity index (χ2v) is 5.39. The van der Waals surface area contributed by atoms with E-state index in [0.29, 0.717) is 22.2 Å². The van der Waals surface area contributed by atoms with Crippen molar-refractivity contribution in [3.63, 3.8) is 0 Å². The number of rotatable bonds is 5. The fourth-order valence-electron chi connectivity index (χ4n) is 1.54. The Kier molecular flexibility index (Phi) is 4.39. The van der Waals surface area contributed by atoms with Gasteiger partial charge in [0.15, 0.2) is 5.69 Å². The molecule has 0 saturated carbocycles. The van der Waals surface area contributed by atoms with E-state index in [1.165, 1.54) is 11.3 Å². The summed E-state index contributed by atoms with van der Waals surface area (Å²) in [5.41, 5.74) is 0.127. The van der Waals surface area contributed by atoms with Gasteiger partial charge in [0.1, 0.15) is 17.4 Å². The number of thiazole rings is 1. The second-order valence-electron chi connectivity index (χ2n) is 3.78. The van der Waals surface area contributed by atoms with Gasteiger partial charge in [-0.25, -0.2) is 9.78 Å². The number of carboxylic acids is 1. The maximum atomic E-state index is 11.0. The smallest absolute Gasteiger partial charge is 0.355 e. The third-order valence-electron chi connectivity index (χ3n) is 2.44. The standard InChI is InChI=1S/C13H12ClNO3S/c1-2-10-12(13(16)17)15-11(19-10)7-18-9-5-3-8(14)4-6-9/h3-6H,2,7H2,1H3,(H,16,17). The number of hydrogen-bond acceptors (Lipinski definition) is 4. The molecule has 0 aliphatic rings. The Morgan fingerprint density at radius 3 is 2.63 bits per heavy atom. The molecule has 2 rings (SSSR count). The molecule has 0 bridgehead atoms. The SMILES string of the molecule is CCc1sc(COc2ccc(Cl)cc2)nc1C(=O)O. The van der Waals surface area contributed by atoms with E-state index in [4.69, 9.17) is 21.4 Å².